The van der Waals surface area contributed by atoms with Crippen LogP contribution in [0.2, 0.25) is 0 Å². The van der Waals surface area contributed by atoms with Crippen LogP contribution in [0.25, 0.3) is 0 Å². The Kier molecular flexibility index (Phi) is 4.78. The van der Waals surface area contributed by atoms with E-state index < -0.39 is 17.0 Å². The van der Waals surface area contributed by atoms with E-state index >= 15 is 0 Å². The highest BCUT2D eigenvalue weighted by molar-refractivity contribution is 7.90. The van der Waals surface area contributed by atoms with Crippen LogP contribution in [0.15, 0.2) is 12.1 Å². The van der Waals surface area contributed by atoms with Crippen molar-refractivity contribution >= 4 is 22.4 Å². The third-order valence-electron chi connectivity index (χ3n) is 2.55. The molecule has 2 N–H and O–H groups in total. The van der Waals surface area contributed by atoms with Crippen LogP contribution in [-0.2, 0) is 9.84 Å². The van der Waals surface area contributed by atoms with Crippen molar-refractivity contribution in [2.24, 2.45) is 0 Å². The minimum atomic E-state index is -3.04. The van der Waals surface area contributed by atoms with Gasteiger partial charge in [-0.15, -0.1) is 0 Å². The second-order valence-electron chi connectivity index (χ2n) is 4.32. The Morgan fingerprint density at radius 1 is 1.22 bits per heavy atom. The van der Waals surface area contributed by atoms with Crippen LogP contribution in [-0.4, -0.2) is 44.2 Å². The van der Waals surface area contributed by atoms with Gasteiger partial charge in [-0.05, 0) is 42.6 Å². The highest BCUT2D eigenvalue weighted by atomic mass is 32.2. The number of sulfone groups is 1. The highest BCUT2D eigenvalue weighted by Gasteiger charge is 2.17. The molecule has 0 saturated heterocycles. The van der Waals surface area contributed by atoms with Crippen LogP contribution >= 0.6 is 0 Å². The van der Waals surface area contributed by atoms with E-state index in [1.807, 2.05) is 0 Å². The first-order chi connectivity index (χ1) is 8.20. The molecule has 0 aromatic heterocycles. The Labute approximate surface area is 107 Å². The minimum absolute atomic E-state index is 0.0462. The van der Waals surface area contributed by atoms with E-state index in [0.29, 0.717) is 22.3 Å². The van der Waals surface area contributed by atoms with Gasteiger partial charge in [0.25, 0.3) is 0 Å². The molecule has 100 valence electrons. The fraction of sp³-hybridized carbons (Fsp3) is 0.455. The molecule has 0 spiro atoms. The molecule has 0 aliphatic rings. The van der Waals surface area contributed by atoms with E-state index in [1.54, 1.807) is 26.0 Å². The summed E-state index contributed by atoms with van der Waals surface area (Å²) in [4.78, 5) is 0. The Morgan fingerprint density at radius 2 is 1.72 bits per heavy atom. The Hall–Kier alpha value is -1.05. The Morgan fingerprint density at radius 3 is 2.11 bits per heavy atom. The molecule has 1 aromatic rings. The van der Waals surface area contributed by atoms with Gasteiger partial charge in [0.15, 0.2) is 9.84 Å². The summed E-state index contributed by atoms with van der Waals surface area (Å²) in [5.41, 5.74) is 1.84. The fourth-order valence-corrected chi connectivity index (χ4v) is 2.12. The zero-order valence-electron chi connectivity index (χ0n) is 10.7. The molecule has 0 radical (unpaired) electrons. The van der Waals surface area contributed by atoms with Gasteiger partial charge >= 0.3 is 7.12 Å². The van der Waals surface area contributed by atoms with E-state index in [2.05, 4.69) is 0 Å². The average molecular weight is 272 g/mol. The van der Waals surface area contributed by atoms with Gasteiger partial charge < -0.3 is 14.8 Å². The number of hydrogen-bond acceptors (Lipinski definition) is 5. The van der Waals surface area contributed by atoms with E-state index in [-0.39, 0.29) is 12.4 Å². The molecule has 0 unspecified atom stereocenters. The lowest BCUT2D eigenvalue weighted by molar-refractivity contribution is 0.340. The average Bonchev–Trinajstić information content (AvgIpc) is 2.13. The summed E-state index contributed by atoms with van der Waals surface area (Å²) in [6, 6.07) is 3.31. The van der Waals surface area contributed by atoms with Gasteiger partial charge in [0.2, 0.25) is 0 Å². The van der Waals surface area contributed by atoms with Crippen LogP contribution in [0, 0.1) is 13.8 Å². The third kappa shape index (κ3) is 4.32. The van der Waals surface area contributed by atoms with Gasteiger partial charge in [-0.3, -0.25) is 0 Å². The predicted octanol–water partition coefficient (Wildman–Crippen LogP) is -0.593. The van der Waals surface area contributed by atoms with Gasteiger partial charge in [-0.1, -0.05) is 0 Å². The molecule has 0 bridgehead atoms. The van der Waals surface area contributed by atoms with Crippen LogP contribution in [0.4, 0.5) is 0 Å². The lowest BCUT2D eigenvalue weighted by atomic mass is 9.74. The molecule has 5 nitrogen and oxygen atoms in total. The second kappa shape index (κ2) is 5.73. The number of rotatable bonds is 5. The molecule has 0 atom stereocenters. The number of aryl methyl sites for hydroxylation is 2. The Balaban J connectivity index is 2.81. The van der Waals surface area contributed by atoms with Gasteiger partial charge in [0.1, 0.15) is 12.4 Å². The number of benzene rings is 1. The SMILES string of the molecule is Cc1cc(OCCS(C)(=O)=O)cc(C)c1B(O)O. The quantitative estimate of drug-likeness (QED) is 0.700. The summed E-state index contributed by atoms with van der Waals surface area (Å²) in [5, 5.41) is 18.4. The lowest BCUT2D eigenvalue weighted by Gasteiger charge is -2.12. The summed E-state index contributed by atoms with van der Waals surface area (Å²) in [6.07, 6.45) is 1.15. The first-order valence-corrected chi connectivity index (χ1v) is 7.54. The lowest BCUT2D eigenvalue weighted by Crippen LogP contribution is -2.34. The standard InChI is InChI=1S/C11H17BO5S/c1-8-6-10(17-4-5-18(3,15)16)7-9(2)11(8)12(13)14/h6-7,13-14H,4-5H2,1-3H3. The molecule has 0 aliphatic carbocycles. The van der Waals surface area contributed by atoms with Crippen molar-refractivity contribution in [1.82, 2.24) is 0 Å². The van der Waals surface area contributed by atoms with E-state index in [9.17, 15) is 18.5 Å². The first kappa shape index (κ1) is 15.0. The predicted molar refractivity (Wildman–Crippen MR) is 70.9 cm³/mol. The molecule has 18 heavy (non-hydrogen) atoms. The maximum absolute atomic E-state index is 11.0. The molecule has 0 saturated carbocycles. The molecular weight excluding hydrogens is 255 g/mol. The first-order valence-electron chi connectivity index (χ1n) is 5.48. The summed E-state index contributed by atoms with van der Waals surface area (Å²) in [7, 11) is -4.56. The van der Waals surface area contributed by atoms with Crippen molar-refractivity contribution in [3.05, 3.63) is 23.3 Å². The third-order valence-corrected chi connectivity index (χ3v) is 3.46. The van der Waals surface area contributed by atoms with Crippen molar-refractivity contribution in [2.45, 2.75) is 13.8 Å². The fourth-order valence-electron chi connectivity index (χ4n) is 1.74. The van der Waals surface area contributed by atoms with Crippen molar-refractivity contribution in [3.63, 3.8) is 0 Å². The molecule has 7 heteroatoms. The van der Waals surface area contributed by atoms with Crippen molar-refractivity contribution in [1.29, 1.82) is 0 Å². The maximum atomic E-state index is 11.0. The molecule has 1 rings (SSSR count). The monoisotopic (exact) mass is 272 g/mol. The molecule has 0 fully saturated rings. The summed E-state index contributed by atoms with van der Waals surface area (Å²) >= 11 is 0. The normalized spacial score (nSPS) is 11.4. The zero-order chi connectivity index (χ0) is 13.9. The summed E-state index contributed by atoms with van der Waals surface area (Å²) < 4.78 is 27.2. The minimum Gasteiger partial charge on any atom is -0.493 e. The van der Waals surface area contributed by atoms with Crippen LogP contribution < -0.4 is 10.2 Å². The van der Waals surface area contributed by atoms with Gasteiger partial charge in [0, 0.05) is 6.26 Å². The van der Waals surface area contributed by atoms with Crippen molar-refractivity contribution in [3.8, 4) is 5.75 Å². The van der Waals surface area contributed by atoms with Crippen LogP contribution in [0.5, 0.6) is 5.75 Å². The molecule has 0 amide bonds. The highest BCUT2D eigenvalue weighted by Crippen LogP contribution is 2.15. The molecule has 0 aliphatic heterocycles. The number of ether oxygens (including phenoxy) is 1. The molecule has 0 heterocycles. The number of hydrogen-bond donors (Lipinski definition) is 2. The summed E-state index contributed by atoms with van der Waals surface area (Å²) in [5.74, 6) is 0.480. The van der Waals surface area contributed by atoms with E-state index in [1.165, 1.54) is 0 Å². The summed E-state index contributed by atoms with van der Waals surface area (Å²) in [6.45, 7) is 3.56. The van der Waals surface area contributed by atoms with Gasteiger partial charge in [-0.25, -0.2) is 8.42 Å². The van der Waals surface area contributed by atoms with Gasteiger partial charge in [0.05, 0.1) is 5.75 Å². The van der Waals surface area contributed by atoms with Gasteiger partial charge in [-0.2, -0.15) is 0 Å². The topological polar surface area (TPSA) is 83.8 Å². The van der Waals surface area contributed by atoms with Crippen molar-refractivity contribution in [2.75, 3.05) is 18.6 Å². The zero-order valence-corrected chi connectivity index (χ0v) is 11.5. The van der Waals surface area contributed by atoms with E-state index in [4.69, 9.17) is 4.74 Å². The van der Waals surface area contributed by atoms with Crippen LogP contribution in [0.3, 0.4) is 0 Å². The second-order valence-corrected chi connectivity index (χ2v) is 6.58. The smallest absolute Gasteiger partial charge is 0.488 e. The van der Waals surface area contributed by atoms with Crippen molar-refractivity contribution < 1.29 is 23.2 Å². The molecule has 1 aromatic carbocycles. The largest absolute Gasteiger partial charge is 0.493 e. The van der Waals surface area contributed by atoms with Crippen LogP contribution in [0.1, 0.15) is 11.1 Å². The maximum Gasteiger partial charge on any atom is 0.488 e. The van der Waals surface area contributed by atoms with E-state index in [0.717, 1.165) is 6.26 Å². The molecular formula is C11H17BO5S. The Bertz CT molecular complexity index is 501.